The Morgan fingerprint density at radius 3 is 2.89 bits per heavy atom. The molecule has 0 N–H and O–H groups in total. The number of ether oxygens (including phenoxy) is 1. The van der Waals surface area contributed by atoms with Crippen LogP contribution < -0.4 is 4.74 Å². The van der Waals surface area contributed by atoms with Crippen LogP contribution in [0.2, 0.25) is 0 Å². The van der Waals surface area contributed by atoms with E-state index in [0.29, 0.717) is 6.54 Å². The topological polar surface area (TPSA) is 85.6 Å². The van der Waals surface area contributed by atoms with Gasteiger partial charge in [0.05, 0.1) is 28.3 Å². The molecule has 1 aliphatic rings. The van der Waals surface area contributed by atoms with Gasteiger partial charge in [0.15, 0.2) is 5.75 Å². The zero-order valence-electron chi connectivity index (χ0n) is 14.6. The van der Waals surface area contributed by atoms with Crippen LogP contribution in [0.15, 0.2) is 42.5 Å². The van der Waals surface area contributed by atoms with Gasteiger partial charge in [0.25, 0.3) is 5.91 Å². The summed E-state index contributed by atoms with van der Waals surface area (Å²) in [6.07, 6.45) is 1.72. The normalized spacial score (nSPS) is 16.6. The van der Waals surface area contributed by atoms with Crippen molar-refractivity contribution in [3.05, 3.63) is 63.1 Å². The number of fused-ring (bicyclic) bond motifs is 1. The van der Waals surface area contributed by atoms with E-state index < -0.39 is 4.92 Å². The van der Waals surface area contributed by atoms with Gasteiger partial charge in [-0.25, -0.2) is 4.98 Å². The van der Waals surface area contributed by atoms with E-state index in [1.165, 1.54) is 19.2 Å². The fraction of sp³-hybridized carbons (Fsp3) is 0.263. The second-order valence-electron chi connectivity index (χ2n) is 6.32. The molecule has 27 heavy (non-hydrogen) atoms. The highest BCUT2D eigenvalue weighted by Crippen LogP contribution is 2.38. The highest BCUT2D eigenvalue weighted by atomic mass is 32.1. The summed E-state index contributed by atoms with van der Waals surface area (Å²) in [5.74, 6) is -0.0804. The molecule has 8 heteroatoms. The van der Waals surface area contributed by atoms with Crippen LogP contribution in [-0.2, 0) is 0 Å². The van der Waals surface area contributed by atoms with Crippen molar-refractivity contribution in [2.45, 2.75) is 18.9 Å². The van der Waals surface area contributed by atoms with Crippen LogP contribution in [0.5, 0.6) is 5.75 Å². The predicted octanol–water partition coefficient (Wildman–Crippen LogP) is 4.19. The molecule has 0 radical (unpaired) electrons. The molecular weight excluding hydrogens is 366 g/mol. The number of para-hydroxylation sites is 1. The first-order valence-electron chi connectivity index (χ1n) is 8.57. The number of rotatable bonds is 4. The Labute approximate surface area is 159 Å². The number of benzene rings is 2. The number of nitro groups is 1. The zero-order chi connectivity index (χ0) is 19.0. The van der Waals surface area contributed by atoms with Gasteiger partial charge in [0, 0.05) is 18.2 Å². The number of nitrogens with zero attached hydrogens (tertiary/aromatic N) is 3. The molecule has 1 aliphatic heterocycles. The van der Waals surface area contributed by atoms with Crippen molar-refractivity contribution in [3.63, 3.8) is 0 Å². The maximum Gasteiger partial charge on any atom is 0.311 e. The molecule has 1 saturated heterocycles. The van der Waals surface area contributed by atoms with Crippen molar-refractivity contribution < 1.29 is 14.5 Å². The zero-order valence-corrected chi connectivity index (χ0v) is 15.4. The third-order valence-corrected chi connectivity index (χ3v) is 5.87. The van der Waals surface area contributed by atoms with Crippen LogP contribution >= 0.6 is 11.3 Å². The molecule has 0 bridgehead atoms. The first-order chi connectivity index (χ1) is 13.1. The molecule has 1 amide bonds. The van der Waals surface area contributed by atoms with Crippen molar-refractivity contribution in [1.29, 1.82) is 0 Å². The van der Waals surface area contributed by atoms with Crippen molar-refractivity contribution >= 4 is 33.1 Å². The Morgan fingerprint density at radius 2 is 2.15 bits per heavy atom. The average Bonchev–Trinajstić information content (AvgIpc) is 3.33. The minimum absolute atomic E-state index is 0.101. The second kappa shape index (κ2) is 6.96. The van der Waals surface area contributed by atoms with Crippen LogP contribution in [0.3, 0.4) is 0 Å². The smallest absolute Gasteiger partial charge is 0.311 e. The third-order valence-electron chi connectivity index (χ3n) is 4.73. The first kappa shape index (κ1) is 17.4. The van der Waals surface area contributed by atoms with E-state index >= 15 is 0 Å². The van der Waals surface area contributed by atoms with Crippen LogP contribution in [0.4, 0.5) is 5.69 Å². The van der Waals surface area contributed by atoms with Crippen molar-refractivity contribution in [2.75, 3.05) is 13.7 Å². The van der Waals surface area contributed by atoms with E-state index in [2.05, 4.69) is 0 Å². The lowest BCUT2D eigenvalue weighted by Gasteiger charge is -2.23. The summed E-state index contributed by atoms with van der Waals surface area (Å²) in [7, 11) is 1.37. The predicted molar refractivity (Wildman–Crippen MR) is 102 cm³/mol. The Hall–Kier alpha value is -3.00. The molecule has 4 rings (SSSR count). The molecule has 0 spiro atoms. The lowest BCUT2D eigenvalue weighted by molar-refractivity contribution is -0.385. The molecule has 0 aliphatic carbocycles. The Kier molecular flexibility index (Phi) is 4.49. The van der Waals surface area contributed by atoms with Gasteiger partial charge in [-0.3, -0.25) is 14.9 Å². The number of hydrogen-bond acceptors (Lipinski definition) is 6. The maximum absolute atomic E-state index is 13.1. The third kappa shape index (κ3) is 3.12. The number of carbonyl (C=O) groups is 1. The average molecular weight is 383 g/mol. The molecule has 2 aromatic carbocycles. The SMILES string of the molecule is COc1ccc(C(=O)N2CCC[C@@H]2c2nc3ccccc3s2)cc1[N+](=O)[O-]. The highest BCUT2D eigenvalue weighted by molar-refractivity contribution is 7.18. The molecule has 7 nitrogen and oxygen atoms in total. The van der Waals surface area contributed by atoms with Gasteiger partial charge in [-0.05, 0) is 37.1 Å². The first-order valence-corrected chi connectivity index (χ1v) is 9.39. The summed E-state index contributed by atoms with van der Waals surface area (Å²) < 4.78 is 6.11. The quantitative estimate of drug-likeness (QED) is 0.498. The molecular formula is C19H17N3O4S. The Balaban J connectivity index is 1.66. The lowest BCUT2D eigenvalue weighted by Crippen LogP contribution is -2.30. The monoisotopic (exact) mass is 383 g/mol. The standard InChI is InChI=1S/C19H17N3O4S/c1-26-16-9-8-12(11-15(16)22(24)25)19(23)21-10-4-6-14(21)18-20-13-5-2-3-7-17(13)27-18/h2-3,5,7-9,11,14H,4,6,10H2,1H3/t14-/m1/s1. The summed E-state index contributed by atoms with van der Waals surface area (Å²) >= 11 is 1.59. The summed E-state index contributed by atoms with van der Waals surface area (Å²) in [6.45, 7) is 0.610. The number of thiazole rings is 1. The second-order valence-corrected chi connectivity index (χ2v) is 7.38. The van der Waals surface area contributed by atoms with E-state index in [9.17, 15) is 14.9 Å². The van der Waals surface area contributed by atoms with Crippen molar-refractivity contribution in [3.8, 4) is 5.75 Å². The molecule has 1 aromatic heterocycles. The molecule has 3 aromatic rings. The van der Waals surface area contributed by atoms with Gasteiger partial charge in [-0.1, -0.05) is 12.1 Å². The fourth-order valence-electron chi connectivity index (χ4n) is 3.43. The van der Waals surface area contributed by atoms with E-state index in [1.54, 1.807) is 22.3 Å². The largest absolute Gasteiger partial charge is 0.490 e. The number of nitro benzene ring substituents is 1. The molecule has 0 unspecified atom stereocenters. The number of likely N-dealkylation sites (tertiary alicyclic amines) is 1. The fourth-order valence-corrected chi connectivity index (χ4v) is 4.55. The maximum atomic E-state index is 13.1. The lowest BCUT2D eigenvalue weighted by atomic mass is 10.1. The highest BCUT2D eigenvalue weighted by Gasteiger charge is 2.33. The van der Waals surface area contributed by atoms with E-state index in [4.69, 9.17) is 9.72 Å². The van der Waals surface area contributed by atoms with E-state index in [-0.39, 0.29) is 28.9 Å². The van der Waals surface area contributed by atoms with Crippen LogP contribution in [0.1, 0.15) is 34.2 Å². The van der Waals surface area contributed by atoms with Crippen LogP contribution in [0, 0.1) is 10.1 Å². The van der Waals surface area contributed by atoms with Crippen molar-refractivity contribution in [2.24, 2.45) is 0 Å². The Morgan fingerprint density at radius 1 is 1.33 bits per heavy atom. The van der Waals surface area contributed by atoms with Crippen LogP contribution in [-0.4, -0.2) is 34.4 Å². The van der Waals surface area contributed by atoms with Gasteiger partial charge in [-0.15, -0.1) is 11.3 Å². The van der Waals surface area contributed by atoms with E-state index in [1.807, 2.05) is 24.3 Å². The molecule has 2 heterocycles. The van der Waals surface area contributed by atoms with Gasteiger partial charge in [0.1, 0.15) is 5.01 Å². The number of methoxy groups -OCH3 is 1. The summed E-state index contributed by atoms with van der Waals surface area (Å²) in [4.78, 5) is 30.2. The van der Waals surface area contributed by atoms with Gasteiger partial charge in [0.2, 0.25) is 0 Å². The minimum atomic E-state index is -0.537. The molecule has 138 valence electrons. The minimum Gasteiger partial charge on any atom is -0.490 e. The molecule has 1 fully saturated rings. The Bertz CT molecular complexity index is 1000. The summed E-state index contributed by atoms with van der Waals surface area (Å²) in [5, 5.41) is 12.2. The summed E-state index contributed by atoms with van der Waals surface area (Å²) in [5.41, 5.74) is 1.01. The number of hydrogen-bond donors (Lipinski definition) is 0. The number of aromatic nitrogens is 1. The number of carbonyl (C=O) groups excluding carboxylic acids is 1. The number of amides is 1. The van der Waals surface area contributed by atoms with Gasteiger partial charge < -0.3 is 9.64 Å². The summed E-state index contributed by atoms with van der Waals surface area (Å²) in [6, 6.07) is 12.1. The van der Waals surface area contributed by atoms with Crippen molar-refractivity contribution in [1.82, 2.24) is 9.88 Å². The molecule has 0 saturated carbocycles. The van der Waals surface area contributed by atoms with Gasteiger partial charge in [-0.2, -0.15) is 0 Å². The van der Waals surface area contributed by atoms with Gasteiger partial charge >= 0.3 is 5.69 Å². The molecule has 1 atom stereocenters. The van der Waals surface area contributed by atoms with E-state index in [0.717, 1.165) is 28.1 Å². The van der Waals surface area contributed by atoms with Crippen LogP contribution in [0.25, 0.3) is 10.2 Å².